The molecule has 3 aromatic carbocycles. The molecule has 30 heavy (non-hydrogen) atoms. The van der Waals surface area contributed by atoms with E-state index in [1.165, 1.54) is 12.1 Å². The van der Waals surface area contributed by atoms with Crippen LogP contribution in [0.1, 0.15) is 16.7 Å². The van der Waals surface area contributed by atoms with Crippen LogP contribution >= 0.6 is 11.6 Å². The molecule has 0 fully saturated rings. The van der Waals surface area contributed by atoms with Crippen molar-refractivity contribution in [2.75, 3.05) is 0 Å². The molecule has 156 valence electrons. The number of hydrogen-bond donors (Lipinski definition) is 2. The minimum Gasteiger partial charge on any atom is -0.334 e. The molecule has 0 unspecified atom stereocenters. The zero-order valence-electron chi connectivity index (χ0n) is 16.2. The van der Waals surface area contributed by atoms with E-state index in [2.05, 4.69) is 5.32 Å². The van der Waals surface area contributed by atoms with Crippen molar-refractivity contribution in [3.63, 3.8) is 0 Å². The molecular weight excluding hydrogens is 422 g/mol. The van der Waals surface area contributed by atoms with Crippen LogP contribution in [-0.2, 0) is 29.7 Å². The smallest absolute Gasteiger partial charge is 0.318 e. The van der Waals surface area contributed by atoms with E-state index in [-0.39, 0.29) is 10.9 Å². The van der Waals surface area contributed by atoms with Crippen LogP contribution in [0.25, 0.3) is 0 Å². The molecule has 3 aromatic rings. The summed E-state index contributed by atoms with van der Waals surface area (Å²) in [5.74, 6) is 0. The Hall–Kier alpha value is -2.87. The molecule has 0 saturated heterocycles. The minimum atomic E-state index is -3.76. The Kier molecular flexibility index (Phi) is 7.10. The fourth-order valence-corrected chi connectivity index (χ4v) is 3.54. The summed E-state index contributed by atoms with van der Waals surface area (Å²) in [6, 6.07) is 22.9. The molecule has 2 amide bonds. The average molecular weight is 444 g/mol. The summed E-state index contributed by atoms with van der Waals surface area (Å²) in [4.78, 5) is 14.6. The first-order valence-corrected chi connectivity index (χ1v) is 11.2. The van der Waals surface area contributed by atoms with Crippen LogP contribution in [0, 0.1) is 0 Å². The number of halogens is 1. The van der Waals surface area contributed by atoms with Gasteiger partial charge in [-0.1, -0.05) is 66.2 Å². The van der Waals surface area contributed by atoms with E-state index in [4.69, 9.17) is 16.7 Å². The lowest BCUT2D eigenvalue weighted by Crippen LogP contribution is -2.38. The standard InChI is InChI=1S/C22H22ClN3O3S/c23-20-10-6-18(7-11-20)15-26(22(27)25-14-17-4-2-1-3-5-17)16-19-8-12-21(13-9-19)30(24,28)29/h1-13H,14-16H2,(H,25,27)(H2,24,28,29). The summed E-state index contributed by atoms with van der Waals surface area (Å²) in [6.07, 6.45) is 0. The Balaban J connectivity index is 1.75. The number of rotatable bonds is 7. The predicted octanol–water partition coefficient (Wildman–Crippen LogP) is 3.90. The lowest BCUT2D eigenvalue weighted by molar-refractivity contribution is 0.192. The number of primary sulfonamides is 1. The van der Waals surface area contributed by atoms with Crippen LogP contribution < -0.4 is 10.5 Å². The number of nitrogens with one attached hydrogen (secondary N) is 1. The van der Waals surface area contributed by atoms with Gasteiger partial charge in [-0.15, -0.1) is 0 Å². The zero-order valence-corrected chi connectivity index (χ0v) is 17.7. The van der Waals surface area contributed by atoms with Gasteiger partial charge in [0.25, 0.3) is 0 Å². The fraction of sp³-hybridized carbons (Fsp3) is 0.136. The maximum Gasteiger partial charge on any atom is 0.318 e. The Bertz CT molecular complexity index is 1090. The van der Waals surface area contributed by atoms with E-state index >= 15 is 0 Å². The predicted molar refractivity (Wildman–Crippen MR) is 117 cm³/mol. The Morgan fingerprint density at radius 3 is 1.90 bits per heavy atom. The van der Waals surface area contributed by atoms with E-state index in [1.54, 1.807) is 29.2 Å². The van der Waals surface area contributed by atoms with Gasteiger partial charge in [-0.2, -0.15) is 0 Å². The minimum absolute atomic E-state index is 0.0315. The van der Waals surface area contributed by atoms with Gasteiger partial charge < -0.3 is 10.2 Å². The molecule has 0 aromatic heterocycles. The number of urea groups is 1. The molecule has 0 aliphatic heterocycles. The van der Waals surface area contributed by atoms with Crippen molar-refractivity contribution < 1.29 is 13.2 Å². The monoisotopic (exact) mass is 443 g/mol. The number of benzene rings is 3. The molecule has 3 N–H and O–H groups in total. The van der Waals surface area contributed by atoms with Gasteiger partial charge in [0.2, 0.25) is 10.0 Å². The third-order valence-corrected chi connectivity index (χ3v) is 5.67. The summed E-state index contributed by atoms with van der Waals surface area (Å²) in [5, 5.41) is 8.71. The molecular formula is C22H22ClN3O3S. The molecule has 0 heterocycles. The second-order valence-electron chi connectivity index (χ2n) is 6.82. The number of nitrogens with zero attached hydrogens (tertiary/aromatic N) is 1. The van der Waals surface area contributed by atoms with E-state index in [0.717, 1.165) is 16.7 Å². The quantitative estimate of drug-likeness (QED) is 0.580. The van der Waals surface area contributed by atoms with Gasteiger partial charge in [-0.05, 0) is 41.0 Å². The molecule has 0 atom stereocenters. The highest BCUT2D eigenvalue weighted by Crippen LogP contribution is 2.15. The Morgan fingerprint density at radius 1 is 0.833 bits per heavy atom. The van der Waals surface area contributed by atoms with Crippen LogP contribution in [0.4, 0.5) is 4.79 Å². The second-order valence-corrected chi connectivity index (χ2v) is 8.81. The lowest BCUT2D eigenvalue weighted by atomic mass is 10.1. The zero-order chi connectivity index (χ0) is 21.6. The van der Waals surface area contributed by atoms with Crippen molar-refractivity contribution in [2.24, 2.45) is 5.14 Å². The molecule has 0 spiro atoms. The molecule has 0 aliphatic carbocycles. The molecule has 3 rings (SSSR count). The Labute approximate surface area is 181 Å². The van der Waals surface area contributed by atoms with Crippen LogP contribution in [0.15, 0.2) is 83.8 Å². The maximum atomic E-state index is 12.9. The normalized spacial score (nSPS) is 11.1. The topological polar surface area (TPSA) is 92.5 Å². The second kappa shape index (κ2) is 9.75. The van der Waals surface area contributed by atoms with Gasteiger partial charge in [0.15, 0.2) is 0 Å². The first-order valence-electron chi connectivity index (χ1n) is 9.24. The summed E-state index contributed by atoms with van der Waals surface area (Å²) in [7, 11) is -3.76. The highest BCUT2D eigenvalue weighted by Gasteiger charge is 2.15. The van der Waals surface area contributed by atoms with Crippen LogP contribution in [0.3, 0.4) is 0 Å². The van der Waals surface area contributed by atoms with Gasteiger partial charge in [-0.25, -0.2) is 18.4 Å². The van der Waals surface area contributed by atoms with E-state index in [0.29, 0.717) is 24.7 Å². The van der Waals surface area contributed by atoms with Crippen molar-refractivity contribution in [1.82, 2.24) is 10.2 Å². The summed E-state index contributed by atoms with van der Waals surface area (Å²) >= 11 is 5.96. The lowest BCUT2D eigenvalue weighted by Gasteiger charge is -2.24. The number of nitrogens with two attached hydrogens (primary N) is 1. The van der Waals surface area contributed by atoms with Crippen molar-refractivity contribution in [3.8, 4) is 0 Å². The molecule has 0 radical (unpaired) electrons. The first-order chi connectivity index (χ1) is 14.3. The van der Waals surface area contributed by atoms with Crippen LogP contribution in [-0.4, -0.2) is 19.3 Å². The fourth-order valence-electron chi connectivity index (χ4n) is 2.90. The number of carbonyl (C=O) groups is 1. The first kappa shape index (κ1) is 21.8. The van der Waals surface area contributed by atoms with Crippen molar-refractivity contribution >= 4 is 27.7 Å². The van der Waals surface area contributed by atoms with Crippen molar-refractivity contribution in [1.29, 1.82) is 0 Å². The van der Waals surface area contributed by atoms with Crippen LogP contribution in [0.5, 0.6) is 0 Å². The highest BCUT2D eigenvalue weighted by molar-refractivity contribution is 7.89. The summed E-state index contributed by atoms with van der Waals surface area (Å²) < 4.78 is 22.9. The van der Waals surface area contributed by atoms with Gasteiger partial charge in [0.05, 0.1) is 4.90 Å². The molecule has 8 heteroatoms. The van der Waals surface area contributed by atoms with E-state index in [9.17, 15) is 13.2 Å². The largest absolute Gasteiger partial charge is 0.334 e. The summed E-state index contributed by atoms with van der Waals surface area (Å²) in [6.45, 7) is 1.07. The molecule has 0 aliphatic rings. The van der Waals surface area contributed by atoms with E-state index < -0.39 is 10.0 Å². The van der Waals surface area contributed by atoms with Gasteiger partial charge in [0.1, 0.15) is 0 Å². The van der Waals surface area contributed by atoms with Gasteiger partial charge >= 0.3 is 6.03 Å². The van der Waals surface area contributed by atoms with Crippen molar-refractivity contribution in [3.05, 3.63) is 101 Å². The third kappa shape index (κ3) is 6.32. The summed E-state index contributed by atoms with van der Waals surface area (Å²) in [5.41, 5.74) is 2.71. The number of amides is 2. The number of sulfonamides is 1. The van der Waals surface area contributed by atoms with Gasteiger partial charge in [-0.3, -0.25) is 0 Å². The van der Waals surface area contributed by atoms with Crippen LogP contribution in [0.2, 0.25) is 5.02 Å². The van der Waals surface area contributed by atoms with E-state index in [1.807, 2.05) is 42.5 Å². The molecule has 6 nitrogen and oxygen atoms in total. The average Bonchev–Trinajstić information content (AvgIpc) is 2.73. The van der Waals surface area contributed by atoms with Gasteiger partial charge in [0, 0.05) is 24.7 Å². The maximum absolute atomic E-state index is 12.9. The van der Waals surface area contributed by atoms with Crippen molar-refractivity contribution in [2.45, 2.75) is 24.5 Å². The SMILES string of the molecule is NS(=O)(=O)c1ccc(CN(Cc2ccc(Cl)cc2)C(=O)NCc2ccccc2)cc1. The molecule has 0 bridgehead atoms. The molecule has 0 saturated carbocycles. The third-order valence-electron chi connectivity index (χ3n) is 4.49. The Morgan fingerprint density at radius 2 is 1.37 bits per heavy atom. The number of carbonyl (C=O) groups excluding carboxylic acids is 1. The highest BCUT2D eigenvalue weighted by atomic mass is 35.5. The number of hydrogen-bond acceptors (Lipinski definition) is 3.